The van der Waals surface area contributed by atoms with Crippen LogP contribution in [0.4, 0.5) is 0 Å². The number of rotatable bonds is 3. The molecule has 1 N–H and O–H groups in total. The van der Waals surface area contributed by atoms with Gasteiger partial charge in [0, 0.05) is 6.20 Å². The van der Waals surface area contributed by atoms with Crippen LogP contribution in [0.5, 0.6) is 5.75 Å². The quantitative estimate of drug-likeness (QED) is 0.842. The molecule has 2 heterocycles. The zero-order chi connectivity index (χ0) is 12.3. The average Bonchev–Trinajstić information content (AvgIpc) is 2.78. The van der Waals surface area contributed by atoms with E-state index >= 15 is 0 Å². The fourth-order valence-electron chi connectivity index (χ4n) is 1.17. The molecule has 0 bridgehead atoms. The van der Waals surface area contributed by atoms with Crippen LogP contribution in [0.25, 0.3) is 0 Å². The van der Waals surface area contributed by atoms with Crippen LogP contribution in [0.2, 0.25) is 0 Å². The lowest BCUT2D eigenvalue weighted by molar-refractivity contribution is 0.0686. The molecule has 0 spiro atoms. The van der Waals surface area contributed by atoms with Crippen molar-refractivity contribution in [3.63, 3.8) is 0 Å². The lowest BCUT2D eigenvalue weighted by atomic mass is 10.3. The maximum atomic E-state index is 11.6. The van der Waals surface area contributed by atoms with Crippen molar-refractivity contribution in [1.29, 1.82) is 0 Å². The molecule has 0 amide bonds. The van der Waals surface area contributed by atoms with E-state index in [1.807, 2.05) is 0 Å². The Morgan fingerprint density at radius 3 is 2.76 bits per heavy atom. The molecule has 0 aliphatic rings. The number of carbonyl (C=O) groups is 2. The molecule has 5 nitrogen and oxygen atoms in total. The van der Waals surface area contributed by atoms with Crippen molar-refractivity contribution in [1.82, 2.24) is 4.98 Å². The van der Waals surface area contributed by atoms with E-state index < -0.39 is 11.9 Å². The lowest BCUT2D eigenvalue weighted by Gasteiger charge is -2.02. The fraction of sp³-hybridized carbons (Fsp3) is 0. The number of aromatic nitrogens is 1. The van der Waals surface area contributed by atoms with E-state index in [9.17, 15) is 9.59 Å². The number of hydrogen-bond donors (Lipinski definition) is 1. The molecule has 0 unspecified atom stereocenters. The number of nitrogens with zero attached hydrogens (tertiary/aromatic N) is 1. The zero-order valence-corrected chi connectivity index (χ0v) is 9.31. The molecular weight excluding hydrogens is 242 g/mol. The van der Waals surface area contributed by atoms with Gasteiger partial charge < -0.3 is 9.84 Å². The molecule has 2 rings (SSSR count). The molecule has 0 saturated heterocycles. The first-order valence-electron chi connectivity index (χ1n) is 4.62. The van der Waals surface area contributed by atoms with Gasteiger partial charge in [0.1, 0.15) is 5.69 Å². The Hall–Kier alpha value is -2.21. The van der Waals surface area contributed by atoms with E-state index in [4.69, 9.17) is 9.84 Å². The molecule has 2 aromatic rings. The van der Waals surface area contributed by atoms with Crippen LogP contribution in [-0.2, 0) is 0 Å². The Kier molecular flexibility index (Phi) is 3.15. The van der Waals surface area contributed by atoms with Crippen LogP contribution in [0.1, 0.15) is 20.2 Å². The number of thiophene rings is 1. The highest BCUT2D eigenvalue weighted by Gasteiger charge is 2.17. The Balaban J connectivity index is 2.19. The van der Waals surface area contributed by atoms with E-state index in [2.05, 4.69) is 4.98 Å². The molecule has 0 fully saturated rings. The second-order valence-electron chi connectivity index (χ2n) is 3.02. The van der Waals surface area contributed by atoms with Gasteiger partial charge in [-0.15, -0.1) is 11.3 Å². The topological polar surface area (TPSA) is 76.5 Å². The highest BCUT2D eigenvalue weighted by atomic mass is 32.1. The van der Waals surface area contributed by atoms with E-state index in [1.54, 1.807) is 17.5 Å². The van der Waals surface area contributed by atoms with Crippen LogP contribution in [0.3, 0.4) is 0 Å². The van der Waals surface area contributed by atoms with Gasteiger partial charge in [0.05, 0.1) is 0 Å². The van der Waals surface area contributed by atoms with E-state index in [-0.39, 0.29) is 16.3 Å². The summed E-state index contributed by atoms with van der Waals surface area (Å²) in [5, 5.41) is 10.4. The van der Waals surface area contributed by atoms with E-state index in [0.29, 0.717) is 0 Å². The van der Waals surface area contributed by atoms with Gasteiger partial charge in [-0.25, -0.2) is 14.6 Å². The first kappa shape index (κ1) is 11.3. The van der Waals surface area contributed by atoms with Gasteiger partial charge in [-0.2, -0.15) is 0 Å². The molecule has 0 atom stereocenters. The monoisotopic (exact) mass is 249 g/mol. The molecule has 0 radical (unpaired) electrons. The molecule has 2 aromatic heterocycles. The number of esters is 1. The van der Waals surface area contributed by atoms with Crippen molar-refractivity contribution in [3.8, 4) is 5.75 Å². The highest BCUT2D eigenvalue weighted by molar-refractivity contribution is 7.12. The summed E-state index contributed by atoms with van der Waals surface area (Å²) < 4.78 is 4.96. The van der Waals surface area contributed by atoms with Crippen molar-refractivity contribution in [2.45, 2.75) is 0 Å². The van der Waals surface area contributed by atoms with Crippen molar-refractivity contribution in [3.05, 3.63) is 46.4 Å². The summed E-state index contributed by atoms with van der Waals surface area (Å²) in [6.07, 6.45) is 1.46. The number of carboxylic acids is 1. The number of aromatic carboxylic acids is 1. The zero-order valence-electron chi connectivity index (χ0n) is 8.49. The minimum atomic E-state index is -1.12. The second kappa shape index (κ2) is 4.75. The van der Waals surface area contributed by atoms with Crippen LogP contribution in [-0.4, -0.2) is 22.0 Å². The number of pyridine rings is 1. The van der Waals surface area contributed by atoms with Crippen molar-refractivity contribution in [2.24, 2.45) is 0 Å². The Morgan fingerprint density at radius 2 is 2.12 bits per heavy atom. The normalized spacial score (nSPS) is 9.88. The molecule has 6 heteroatoms. The molecule has 17 heavy (non-hydrogen) atoms. The predicted molar refractivity (Wildman–Crippen MR) is 60.5 cm³/mol. The number of ether oxygens (including phenoxy) is 1. The second-order valence-corrected chi connectivity index (χ2v) is 3.94. The minimum absolute atomic E-state index is 0.00530. The summed E-state index contributed by atoms with van der Waals surface area (Å²) >= 11 is 0.998. The third kappa shape index (κ3) is 2.48. The molecule has 0 saturated carbocycles. The van der Waals surface area contributed by atoms with Crippen molar-refractivity contribution >= 4 is 23.3 Å². The van der Waals surface area contributed by atoms with Gasteiger partial charge in [-0.05, 0) is 23.6 Å². The lowest BCUT2D eigenvalue weighted by Crippen LogP contribution is -2.11. The molecule has 0 aromatic carbocycles. The van der Waals surface area contributed by atoms with Crippen LogP contribution in [0, 0.1) is 0 Å². The van der Waals surface area contributed by atoms with Crippen molar-refractivity contribution in [2.75, 3.05) is 0 Å². The van der Waals surface area contributed by atoms with Crippen LogP contribution in [0.15, 0.2) is 35.8 Å². The maximum Gasteiger partial charge on any atom is 0.362 e. The first-order valence-corrected chi connectivity index (χ1v) is 5.50. The largest absolute Gasteiger partial charge is 0.477 e. The van der Waals surface area contributed by atoms with Crippen LogP contribution < -0.4 is 4.74 Å². The minimum Gasteiger partial charge on any atom is -0.477 e. The standard InChI is InChI=1S/C11H7NO4S/c13-10(14)9-8(4-6-17-9)16-11(15)7-3-1-2-5-12-7/h1-6H,(H,13,14). The highest BCUT2D eigenvalue weighted by Crippen LogP contribution is 2.25. The first-order chi connectivity index (χ1) is 8.18. The van der Waals surface area contributed by atoms with Crippen LogP contribution >= 0.6 is 11.3 Å². The molecular formula is C11H7NO4S. The molecule has 0 aliphatic carbocycles. The number of hydrogen-bond acceptors (Lipinski definition) is 5. The smallest absolute Gasteiger partial charge is 0.362 e. The third-order valence-corrected chi connectivity index (χ3v) is 2.78. The molecule has 86 valence electrons. The van der Waals surface area contributed by atoms with Crippen molar-refractivity contribution < 1.29 is 19.4 Å². The summed E-state index contributed by atoms with van der Waals surface area (Å²) in [5.74, 6) is -1.76. The number of carbonyl (C=O) groups excluding carboxylic acids is 1. The SMILES string of the molecule is O=C(Oc1ccsc1C(=O)O)c1ccccn1. The van der Waals surface area contributed by atoms with Gasteiger partial charge in [-0.1, -0.05) is 6.07 Å². The Bertz CT molecular complexity index is 550. The third-order valence-electron chi connectivity index (χ3n) is 1.90. The van der Waals surface area contributed by atoms with E-state index in [1.165, 1.54) is 18.3 Å². The maximum absolute atomic E-state index is 11.6. The van der Waals surface area contributed by atoms with E-state index in [0.717, 1.165) is 11.3 Å². The van der Waals surface area contributed by atoms with Gasteiger partial charge in [0.15, 0.2) is 10.6 Å². The summed E-state index contributed by atoms with van der Waals surface area (Å²) in [6.45, 7) is 0. The number of carboxylic acid groups (broad SMARTS) is 1. The van der Waals surface area contributed by atoms with Gasteiger partial charge in [0.25, 0.3) is 0 Å². The van der Waals surface area contributed by atoms with Gasteiger partial charge in [0.2, 0.25) is 0 Å². The predicted octanol–water partition coefficient (Wildman–Crippen LogP) is 2.06. The summed E-state index contributed by atoms with van der Waals surface area (Å²) in [7, 11) is 0. The fourth-order valence-corrected chi connectivity index (χ4v) is 1.82. The summed E-state index contributed by atoms with van der Waals surface area (Å²) in [6, 6.07) is 6.25. The van der Waals surface area contributed by atoms with Gasteiger partial charge in [-0.3, -0.25) is 0 Å². The average molecular weight is 249 g/mol. The summed E-state index contributed by atoms with van der Waals surface area (Å²) in [5.41, 5.74) is 0.134. The van der Waals surface area contributed by atoms with Gasteiger partial charge >= 0.3 is 11.9 Å². The Morgan fingerprint density at radius 1 is 1.29 bits per heavy atom. The molecule has 0 aliphatic heterocycles. The Labute approximate surface area is 100 Å². The summed E-state index contributed by atoms with van der Waals surface area (Å²) in [4.78, 5) is 26.2.